The van der Waals surface area contributed by atoms with Gasteiger partial charge in [-0.2, -0.15) is 0 Å². The first-order chi connectivity index (χ1) is 8.86. The average molecular weight is 277 g/mol. The van der Waals surface area contributed by atoms with Gasteiger partial charge in [0.1, 0.15) is 12.2 Å². The van der Waals surface area contributed by atoms with Crippen molar-refractivity contribution in [3.8, 4) is 11.5 Å². The molecule has 0 aliphatic rings. The van der Waals surface area contributed by atoms with Crippen molar-refractivity contribution in [3.05, 3.63) is 27.8 Å². The molecule has 0 spiro atoms. The molecule has 0 bridgehead atoms. The highest BCUT2D eigenvalue weighted by Crippen LogP contribution is 2.34. The fraction of sp³-hybridized carbons (Fsp3) is 0.300. The molecule has 0 radical (unpaired) electrons. The smallest absolute Gasteiger partial charge is 0.342 e. The third-order valence-electron chi connectivity index (χ3n) is 2.07. The summed E-state index contributed by atoms with van der Waals surface area (Å²) >= 11 is 0. The molecule has 0 aliphatic carbocycles. The van der Waals surface area contributed by atoms with Crippen molar-refractivity contribution in [1.29, 1.82) is 0 Å². The summed E-state index contributed by atoms with van der Waals surface area (Å²) in [5, 5.41) is 19.5. The van der Waals surface area contributed by atoms with Gasteiger partial charge in [0.25, 0.3) is 12.1 Å². The molecule has 0 atom stereocenters. The highest BCUT2D eigenvalue weighted by atomic mass is 19.3. The van der Waals surface area contributed by atoms with Gasteiger partial charge in [-0.25, -0.2) is 13.6 Å². The highest BCUT2D eigenvalue weighted by Gasteiger charge is 2.24. The molecule has 0 saturated heterocycles. The van der Waals surface area contributed by atoms with Gasteiger partial charge in [0.05, 0.1) is 18.1 Å². The molecule has 0 heterocycles. The van der Waals surface area contributed by atoms with Gasteiger partial charge >= 0.3 is 5.97 Å². The van der Waals surface area contributed by atoms with E-state index >= 15 is 0 Å². The molecule has 104 valence electrons. The summed E-state index contributed by atoms with van der Waals surface area (Å²) in [5.41, 5.74) is -1.39. The van der Waals surface area contributed by atoms with Crippen molar-refractivity contribution in [2.45, 2.75) is 6.43 Å². The zero-order valence-corrected chi connectivity index (χ0v) is 9.63. The number of hydrogen-bond donors (Lipinski definition) is 1. The fourth-order valence-corrected chi connectivity index (χ4v) is 1.30. The Hall–Kier alpha value is -2.45. The predicted octanol–water partition coefficient (Wildman–Crippen LogP) is 1.95. The first-order valence-corrected chi connectivity index (χ1v) is 4.87. The number of carboxylic acids is 1. The number of nitro groups is 1. The van der Waals surface area contributed by atoms with Crippen LogP contribution in [-0.2, 0) is 0 Å². The first-order valence-electron chi connectivity index (χ1n) is 4.87. The molecular weight excluding hydrogens is 268 g/mol. The molecule has 1 aromatic rings. The van der Waals surface area contributed by atoms with E-state index in [4.69, 9.17) is 9.84 Å². The standard InChI is InChI=1S/C10H9F2NO6/c1-18-7-2-5(10(14)15)6(13(16)17)3-8(7)19-4-9(11)12/h2-3,9H,4H2,1H3,(H,14,15). The zero-order chi connectivity index (χ0) is 14.6. The number of ether oxygens (including phenoxy) is 2. The molecule has 0 aromatic heterocycles. The molecule has 1 rings (SSSR count). The van der Waals surface area contributed by atoms with Crippen molar-refractivity contribution >= 4 is 11.7 Å². The number of carboxylic acid groups (broad SMARTS) is 1. The third-order valence-corrected chi connectivity index (χ3v) is 2.07. The van der Waals surface area contributed by atoms with Gasteiger partial charge in [0, 0.05) is 6.07 Å². The number of alkyl halides is 2. The molecule has 0 amide bonds. The van der Waals surface area contributed by atoms with Crippen LogP contribution in [0.4, 0.5) is 14.5 Å². The SMILES string of the molecule is COc1cc(C(=O)O)c([N+](=O)[O-])cc1OCC(F)F. The fourth-order valence-electron chi connectivity index (χ4n) is 1.30. The molecule has 1 aromatic carbocycles. The van der Waals surface area contributed by atoms with Gasteiger partial charge in [-0.05, 0) is 0 Å². The van der Waals surface area contributed by atoms with Crippen LogP contribution < -0.4 is 9.47 Å². The summed E-state index contributed by atoms with van der Waals surface area (Å²) in [6, 6.07) is 1.59. The molecular formula is C10H9F2NO6. The summed E-state index contributed by atoms with van der Waals surface area (Å²) in [6.07, 6.45) is -2.78. The summed E-state index contributed by atoms with van der Waals surface area (Å²) in [4.78, 5) is 20.6. The maximum absolute atomic E-state index is 12.0. The number of nitro benzene ring substituents is 1. The largest absolute Gasteiger partial charge is 0.493 e. The van der Waals surface area contributed by atoms with E-state index in [0.717, 1.165) is 19.2 Å². The number of halogens is 2. The number of hydrogen-bond acceptors (Lipinski definition) is 5. The quantitative estimate of drug-likeness (QED) is 0.630. The lowest BCUT2D eigenvalue weighted by Crippen LogP contribution is -2.09. The maximum Gasteiger partial charge on any atom is 0.342 e. The number of aromatic carboxylic acids is 1. The van der Waals surface area contributed by atoms with Gasteiger partial charge in [0.2, 0.25) is 0 Å². The number of rotatable bonds is 6. The Morgan fingerprint density at radius 1 is 1.47 bits per heavy atom. The van der Waals surface area contributed by atoms with Crippen molar-refractivity contribution in [2.75, 3.05) is 13.7 Å². The van der Waals surface area contributed by atoms with Gasteiger partial charge in [-0.1, -0.05) is 0 Å². The minimum Gasteiger partial charge on any atom is -0.493 e. The van der Waals surface area contributed by atoms with E-state index in [9.17, 15) is 23.7 Å². The molecule has 1 N–H and O–H groups in total. The molecule has 0 aliphatic heterocycles. The lowest BCUT2D eigenvalue weighted by Gasteiger charge is -2.11. The van der Waals surface area contributed by atoms with Crippen LogP contribution in [0.25, 0.3) is 0 Å². The zero-order valence-electron chi connectivity index (χ0n) is 9.63. The topological polar surface area (TPSA) is 98.9 Å². The van der Waals surface area contributed by atoms with Crippen LogP contribution in [0.3, 0.4) is 0 Å². The van der Waals surface area contributed by atoms with Crippen LogP contribution in [-0.4, -0.2) is 36.1 Å². The van der Waals surface area contributed by atoms with Crippen LogP contribution in [0.1, 0.15) is 10.4 Å². The van der Waals surface area contributed by atoms with Gasteiger partial charge in [-0.3, -0.25) is 10.1 Å². The van der Waals surface area contributed by atoms with Gasteiger partial charge in [-0.15, -0.1) is 0 Å². The second-order valence-electron chi connectivity index (χ2n) is 3.28. The number of carbonyl (C=O) groups is 1. The Labute approximate surface area is 105 Å². The van der Waals surface area contributed by atoms with E-state index in [0.29, 0.717) is 0 Å². The highest BCUT2D eigenvalue weighted by molar-refractivity contribution is 5.93. The van der Waals surface area contributed by atoms with Crippen molar-refractivity contribution in [2.24, 2.45) is 0 Å². The van der Waals surface area contributed by atoms with Gasteiger partial charge < -0.3 is 14.6 Å². The number of methoxy groups -OCH3 is 1. The van der Waals surface area contributed by atoms with E-state index in [-0.39, 0.29) is 11.5 Å². The second-order valence-corrected chi connectivity index (χ2v) is 3.28. The summed E-state index contributed by atoms with van der Waals surface area (Å²) in [6.45, 7) is -0.986. The predicted molar refractivity (Wildman–Crippen MR) is 58.1 cm³/mol. The van der Waals surface area contributed by atoms with Crippen LogP contribution in [0.15, 0.2) is 12.1 Å². The van der Waals surface area contributed by atoms with E-state index in [1.54, 1.807) is 0 Å². The normalized spacial score (nSPS) is 10.3. The Balaban J connectivity index is 3.27. The molecule has 19 heavy (non-hydrogen) atoms. The third kappa shape index (κ3) is 3.50. The first kappa shape index (κ1) is 14.6. The van der Waals surface area contributed by atoms with E-state index in [2.05, 4.69) is 4.74 Å². The van der Waals surface area contributed by atoms with Crippen molar-refractivity contribution in [1.82, 2.24) is 0 Å². The average Bonchev–Trinajstić information content (AvgIpc) is 2.34. The monoisotopic (exact) mass is 277 g/mol. The Bertz CT molecular complexity index is 505. The minimum atomic E-state index is -2.78. The van der Waals surface area contributed by atoms with Crippen LogP contribution in [0.2, 0.25) is 0 Å². The Morgan fingerprint density at radius 3 is 2.53 bits per heavy atom. The Kier molecular flexibility index (Phi) is 4.56. The molecule has 7 nitrogen and oxygen atoms in total. The van der Waals surface area contributed by atoms with Crippen molar-refractivity contribution in [3.63, 3.8) is 0 Å². The maximum atomic E-state index is 12.0. The van der Waals surface area contributed by atoms with E-state index in [1.165, 1.54) is 0 Å². The molecule has 0 fully saturated rings. The Morgan fingerprint density at radius 2 is 2.11 bits per heavy atom. The van der Waals surface area contributed by atoms with Crippen LogP contribution in [0.5, 0.6) is 11.5 Å². The van der Waals surface area contributed by atoms with Gasteiger partial charge in [0.15, 0.2) is 11.5 Å². The van der Waals surface area contributed by atoms with Crippen LogP contribution >= 0.6 is 0 Å². The van der Waals surface area contributed by atoms with E-state index in [1.807, 2.05) is 0 Å². The molecule has 0 saturated carbocycles. The van der Waals surface area contributed by atoms with E-state index < -0.39 is 35.2 Å². The molecule has 0 unspecified atom stereocenters. The summed E-state index contributed by atoms with van der Waals surface area (Å²) in [5.74, 6) is -2.03. The lowest BCUT2D eigenvalue weighted by molar-refractivity contribution is -0.385. The van der Waals surface area contributed by atoms with Crippen molar-refractivity contribution < 1.29 is 33.1 Å². The summed E-state index contributed by atoms with van der Waals surface area (Å²) < 4.78 is 33.4. The lowest BCUT2D eigenvalue weighted by atomic mass is 10.1. The summed E-state index contributed by atoms with van der Waals surface area (Å²) in [7, 11) is 1.15. The number of benzene rings is 1. The van der Waals surface area contributed by atoms with Crippen LogP contribution in [0, 0.1) is 10.1 Å². The molecule has 9 heteroatoms. The number of nitrogens with zero attached hydrogens (tertiary/aromatic N) is 1. The minimum absolute atomic E-state index is 0.177. The second kappa shape index (κ2) is 5.94.